The number of nitrogens with one attached hydrogen (secondary N) is 1. The summed E-state index contributed by atoms with van der Waals surface area (Å²) in [5.41, 5.74) is 0.741. The standard InChI is InChI=1S/C11H15NO4S/c1-16-9-4-2-3-8(5-9)12-10-6-17(14,15)7-11(10)13/h2-5,10-13H,6-7H2,1H3/t10-,11-/m1/s1. The van der Waals surface area contributed by atoms with Crippen LogP contribution in [0.2, 0.25) is 0 Å². The summed E-state index contributed by atoms with van der Waals surface area (Å²) in [6, 6.07) is 6.72. The van der Waals surface area contributed by atoms with Gasteiger partial charge in [0, 0.05) is 11.8 Å². The minimum atomic E-state index is -3.12. The smallest absolute Gasteiger partial charge is 0.155 e. The van der Waals surface area contributed by atoms with Crippen molar-refractivity contribution in [2.75, 3.05) is 23.9 Å². The molecule has 0 aliphatic carbocycles. The highest BCUT2D eigenvalue weighted by atomic mass is 32.2. The van der Waals surface area contributed by atoms with Crippen molar-refractivity contribution < 1.29 is 18.3 Å². The second kappa shape index (κ2) is 4.54. The fraction of sp³-hybridized carbons (Fsp3) is 0.455. The van der Waals surface area contributed by atoms with E-state index in [0.29, 0.717) is 5.75 Å². The topological polar surface area (TPSA) is 75.6 Å². The van der Waals surface area contributed by atoms with E-state index in [9.17, 15) is 13.5 Å². The number of methoxy groups -OCH3 is 1. The summed E-state index contributed by atoms with van der Waals surface area (Å²) in [5, 5.41) is 12.7. The monoisotopic (exact) mass is 257 g/mol. The molecule has 6 heteroatoms. The Balaban J connectivity index is 2.11. The van der Waals surface area contributed by atoms with Gasteiger partial charge in [0.05, 0.1) is 30.8 Å². The Morgan fingerprint density at radius 2 is 2.18 bits per heavy atom. The maximum absolute atomic E-state index is 11.3. The maximum atomic E-state index is 11.3. The van der Waals surface area contributed by atoms with Gasteiger partial charge in [-0.25, -0.2) is 8.42 Å². The van der Waals surface area contributed by atoms with Crippen LogP contribution in [0.25, 0.3) is 0 Å². The van der Waals surface area contributed by atoms with Crippen molar-refractivity contribution in [3.63, 3.8) is 0 Å². The summed E-state index contributed by atoms with van der Waals surface area (Å²) in [7, 11) is -1.56. The third-order valence-electron chi connectivity index (χ3n) is 2.74. The summed E-state index contributed by atoms with van der Waals surface area (Å²) < 4.78 is 27.7. The molecule has 2 rings (SSSR count). The van der Waals surface area contributed by atoms with E-state index in [1.807, 2.05) is 0 Å². The first-order valence-electron chi connectivity index (χ1n) is 5.29. The molecule has 1 aromatic rings. The van der Waals surface area contributed by atoms with Gasteiger partial charge in [-0.1, -0.05) is 6.07 Å². The number of aliphatic hydroxyl groups is 1. The highest BCUT2D eigenvalue weighted by molar-refractivity contribution is 7.91. The lowest BCUT2D eigenvalue weighted by Gasteiger charge is -2.16. The molecule has 1 heterocycles. The predicted octanol–water partition coefficient (Wildman–Crippen LogP) is 0.265. The summed E-state index contributed by atoms with van der Waals surface area (Å²) in [6.07, 6.45) is -0.855. The zero-order valence-electron chi connectivity index (χ0n) is 9.46. The van der Waals surface area contributed by atoms with Crippen molar-refractivity contribution in [1.82, 2.24) is 0 Å². The molecule has 1 aliphatic rings. The van der Waals surface area contributed by atoms with Crippen LogP contribution in [0, 0.1) is 0 Å². The van der Waals surface area contributed by atoms with Crippen LogP contribution in [0.3, 0.4) is 0 Å². The van der Waals surface area contributed by atoms with E-state index in [2.05, 4.69) is 5.32 Å². The molecule has 1 saturated heterocycles. The summed E-state index contributed by atoms with van der Waals surface area (Å²) in [5.74, 6) is 0.477. The van der Waals surface area contributed by atoms with Gasteiger partial charge in [0.1, 0.15) is 5.75 Å². The van der Waals surface area contributed by atoms with Crippen LogP contribution in [-0.2, 0) is 9.84 Å². The van der Waals surface area contributed by atoms with Crippen LogP contribution >= 0.6 is 0 Å². The Hall–Kier alpha value is -1.27. The summed E-state index contributed by atoms with van der Waals surface area (Å²) >= 11 is 0. The SMILES string of the molecule is COc1cccc(N[C@@H]2CS(=O)(=O)C[C@H]2O)c1. The molecule has 0 aromatic heterocycles. The average molecular weight is 257 g/mol. The van der Waals surface area contributed by atoms with Gasteiger partial charge in [0.15, 0.2) is 9.84 Å². The van der Waals surface area contributed by atoms with Crippen molar-refractivity contribution >= 4 is 15.5 Å². The zero-order valence-corrected chi connectivity index (χ0v) is 10.3. The lowest BCUT2D eigenvalue weighted by atomic mass is 10.2. The number of aliphatic hydroxyl groups excluding tert-OH is 1. The van der Waals surface area contributed by atoms with Crippen LogP contribution in [0.5, 0.6) is 5.75 Å². The highest BCUT2D eigenvalue weighted by Crippen LogP contribution is 2.21. The number of anilines is 1. The molecule has 2 N–H and O–H groups in total. The minimum Gasteiger partial charge on any atom is -0.497 e. The average Bonchev–Trinajstić information content (AvgIpc) is 2.52. The van der Waals surface area contributed by atoms with Crippen LogP contribution in [-0.4, -0.2) is 44.3 Å². The van der Waals surface area contributed by atoms with E-state index in [1.165, 1.54) is 0 Å². The molecule has 0 bridgehead atoms. The number of hydrogen-bond acceptors (Lipinski definition) is 5. The fourth-order valence-corrected chi connectivity index (χ4v) is 3.64. The normalized spacial score (nSPS) is 26.7. The van der Waals surface area contributed by atoms with E-state index < -0.39 is 22.0 Å². The van der Waals surface area contributed by atoms with Crippen LogP contribution in [0.1, 0.15) is 0 Å². The van der Waals surface area contributed by atoms with Crippen LogP contribution in [0.4, 0.5) is 5.69 Å². The first-order chi connectivity index (χ1) is 8.00. The number of ether oxygens (including phenoxy) is 1. The van der Waals surface area contributed by atoms with Crippen molar-refractivity contribution in [2.24, 2.45) is 0 Å². The van der Waals surface area contributed by atoms with Crippen molar-refractivity contribution in [2.45, 2.75) is 12.1 Å². The van der Waals surface area contributed by atoms with Gasteiger partial charge in [-0.15, -0.1) is 0 Å². The molecular weight excluding hydrogens is 242 g/mol. The Kier molecular flexibility index (Phi) is 3.26. The first-order valence-corrected chi connectivity index (χ1v) is 7.11. The largest absolute Gasteiger partial charge is 0.497 e. The molecule has 2 atom stereocenters. The quantitative estimate of drug-likeness (QED) is 0.812. The van der Waals surface area contributed by atoms with Crippen molar-refractivity contribution in [3.8, 4) is 5.75 Å². The van der Waals surface area contributed by atoms with Gasteiger partial charge < -0.3 is 15.2 Å². The van der Waals surface area contributed by atoms with Gasteiger partial charge in [0.2, 0.25) is 0 Å². The molecular formula is C11H15NO4S. The summed E-state index contributed by atoms with van der Waals surface area (Å²) in [4.78, 5) is 0. The third kappa shape index (κ3) is 2.89. The van der Waals surface area contributed by atoms with Gasteiger partial charge in [0.25, 0.3) is 0 Å². The Morgan fingerprint density at radius 1 is 1.41 bits per heavy atom. The van der Waals surface area contributed by atoms with Gasteiger partial charge in [-0.3, -0.25) is 0 Å². The van der Waals surface area contributed by atoms with E-state index in [4.69, 9.17) is 4.74 Å². The highest BCUT2D eigenvalue weighted by Gasteiger charge is 2.36. The predicted molar refractivity (Wildman–Crippen MR) is 65.1 cm³/mol. The Labute approximate surface area is 100 Å². The molecule has 0 amide bonds. The van der Waals surface area contributed by atoms with Crippen LogP contribution < -0.4 is 10.1 Å². The number of hydrogen-bond donors (Lipinski definition) is 2. The molecule has 1 aliphatic heterocycles. The van der Waals surface area contributed by atoms with E-state index in [1.54, 1.807) is 31.4 Å². The molecule has 1 fully saturated rings. The van der Waals surface area contributed by atoms with E-state index in [0.717, 1.165) is 5.69 Å². The minimum absolute atomic E-state index is 0.0363. The van der Waals surface area contributed by atoms with Gasteiger partial charge >= 0.3 is 0 Å². The molecule has 17 heavy (non-hydrogen) atoms. The Bertz CT molecular complexity index is 500. The molecule has 0 saturated carbocycles. The first kappa shape index (κ1) is 12.2. The van der Waals surface area contributed by atoms with Crippen LogP contribution in [0.15, 0.2) is 24.3 Å². The van der Waals surface area contributed by atoms with E-state index >= 15 is 0 Å². The molecule has 1 aromatic carbocycles. The molecule has 0 unspecified atom stereocenters. The number of sulfone groups is 1. The second-order valence-corrected chi connectivity index (χ2v) is 6.28. The lowest BCUT2D eigenvalue weighted by molar-refractivity contribution is 0.190. The maximum Gasteiger partial charge on any atom is 0.155 e. The molecule has 94 valence electrons. The number of benzene rings is 1. The fourth-order valence-electron chi connectivity index (χ4n) is 1.89. The summed E-state index contributed by atoms with van der Waals surface area (Å²) in [6.45, 7) is 0. The lowest BCUT2D eigenvalue weighted by Crippen LogP contribution is -2.31. The zero-order chi connectivity index (χ0) is 12.5. The van der Waals surface area contributed by atoms with Gasteiger partial charge in [-0.2, -0.15) is 0 Å². The van der Waals surface area contributed by atoms with Crippen molar-refractivity contribution in [1.29, 1.82) is 0 Å². The number of rotatable bonds is 3. The third-order valence-corrected chi connectivity index (χ3v) is 4.46. The molecule has 5 nitrogen and oxygen atoms in total. The van der Waals surface area contributed by atoms with E-state index in [-0.39, 0.29) is 11.5 Å². The van der Waals surface area contributed by atoms with Crippen molar-refractivity contribution in [3.05, 3.63) is 24.3 Å². The second-order valence-electron chi connectivity index (χ2n) is 4.13. The molecule has 0 radical (unpaired) electrons. The molecule has 0 spiro atoms. The Morgan fingerprint density at radius 3 is 2.76 bits per heavy atom. The van der Waals surface area contributed by atoms with Gasteiger partial charge in [-0.05, 0) is 12.1 Å².